The molecule has 1 atom stereocenters. The zero-order valence-corrected chi connectivity index (χ0v) is 24.8. The number of hydrogen-bond donors (Lipinski definition) is 1. The quantitative estimate of drug-likeness (QED) is 0.158. The topological polar surface area (TPSA) is 96.0 Å². The Morgan fingerprint density at radius 2 is 1.76 bits per heavy atom. The van der Waals surface area contributed by atoms with Gasteiger partial charge in [-0.2, -0.15) is 0 Å². The number of rotatable bonds is 13. The number of ketones is 1. The minimum atomic E-state index is -0.737. The summed E-state index contributed by atoms with van der Waals surface area (Å²) in [6, 6.07) is 13.6. The number of nitrogens with zero attached hydrogens (tertiary/aromatic N) is 1. The number of hydrogen-bond acceptors (Lipinski definition) is 8. The number of benzene rings is 3. The number of aromatic nitrogens is 1. The Morgan fingerprint density at radius 1 is 0.978 bits per heavy atom. The van der Waals surface area contributed by atoms with E-state index in [2.05, 4.69) is 10.3 Å². The second-order valence-electron chi connectivity index (χ2n) is 10.2. The fourth-order valence-electron chi connectivity index (χ4n) is 4.57. The summed E-state index contributed by atoms with van der Waals surface area (Å²) in [5.74, 6) is -2.98. The monoisotopic (exact) mass is 640 g/mol. The zero-order chi connectivity index (χ0) is 31.9. The molecule has 0 radical (unpaired) electrons. The van der Waals surface area contributed by atoms with Crippen molar-refractivity contribution in [2.75, 3.05) is 25.6 Å². The summed E-state index contributed by atoms with van der Waals surface area (Å²) in [4.78, 5) is 29.2. The standard InChI is InChI=1S/C33H28ClF3N2O6/c1-42-33(41)20-12-27(35)26(30(13-20)39-17-25-7-9-43-25)16-23(40)10-19-2-4-32(28(36)11-19)45-24-6-8-38-22(15-24)18-44-31-5-3-21(34)14-29(31)37/h2-6,8,11-15,25,39H,7,9-10,16-18H2,1H3/t25-/m0/s1. The summed E-state index contributed by atoms with van der Waals surface area (Å²) in [5.41, 5.74) is 1.15. The summed E-state index contributed by atoms with van der Waals surface area (Å²) < 4.78 is 65.3. The molecule has 1 aromatic heterocycles. The van der Waals surface area contributed by atoms with E-state index in [4.69, 9.17) is 30.5 Å². The van der Waals surface area contributed by atoms with E-state index in [1.54, 1.807) is 0 Å². The van der Waals surface area contributed by atoms with Crippen molar-refractivity contribution in [1.82, 2.24) is 4.98 Å². The molecule has 1 N–H and O–H groups in total. The van der Waals surface area contributed by atoms with Crippen molar-refractivity contribution >= 4 is 29.0 Å². The summed E-state index contributed by atoms with van der Waals surface area (Å²) in [7, 11) is 1.19. The van der Waals surface area contributed by atoms with Crippen LogP contribution < -0.4 is 14.8 Å². The van der Waals surface area contributed by atoms with E-state index in [-0.39, 0.29) is 70.4 Å². The fraction of sp³-hybridized carbons (Fsp3) is 0.242. The van der Waals surface area contributed by atoms with Crippen LogP contribution in [0.4, 0.5) is 18.9 Å². The van der Waals surface area contributed by atoms with Crippen LogP contribution in [0.3, 0.4) is 0 Å². The Morgan fingerprint density at radius 3 is 2.47 bits per heavy atom. The Labute approximate surface area is 262 Å². The number of ether oxygens (including phenoxy) is 4. The van der Waals surface area contributed by atoms with E-state index in [0.29, 0.717) is 24.4 Å². The molecule has 1 saturated heterocycles. The molecule has 0 spiro atoms. The van der Waals surface area contributed by atoms with Gasteiger partial charge in [0.2, 0.25) is 0 Å². The van der Waals surface area contributed by atoms with Gasteiger partial charge in [0.15, 0.2) is 23.1 Å². The molecule has 4 aromatic rings. The maximum absolute atomic E-state index is 15.1. The van der Waals surface area contributed by atoms with Crippen molar-refractivity contribution in [3.8, 4) is 17.2 Å². The third-order valence-electron chi connectivity index (χ3n) is 6.99. The van der Waals surface area contributed by atoms with Gasteiger partial charge in [-0.15, -0.1) is 0 Å². The summed E-state index contributed by atoms with van der Waals surface area (Å²) in [5, 5.41) is 3.31. The van der Waals surface area contributed by atoms with Crippen LogP contribution in [0.15, 0.2) is 66.9 Å². The van der Waals surface area contributed by atoms with Crippen molar-refractivity contribution in [3.05, 3.63) is 112 Å². The number of carbonyl (C=O) groups is 2. The average molecular weight is 641 g/mol. The molecular weight excluding hydrogens is 613 g/mol. The van der Waals surface area contributed by atoms with E-state index in [0.717, 1.165) is 18.6 Å². The molecule has 0 aliphatic carbocycles. The van der Waals surface area contributed by atoms with Gasteiger partial charge in [-0.05, 0) is 60.5 Å². The predicted octanol–water partition coefficient (Wildman–Crippen LogP) is 6.87. The smallest absolute Gasteiger partial charge is 0.338 e. The van der Waals surface area contributed by atoms with Gasteiger partial charge in [-0.1, -0.05) is 17.7 Å². The largest absolute Gasteiger partial charge is 0.484 e. The second-order valence-corrected chi connectivity index (χ2v) is 10.7. The highest BCUT2D eigenvalue weighted by Crippen LogP contribution is 2.28. The van der Waals surface area contributed by atoms with Crippen LogP contribution in [0.25, 0.3) is 0 Å². The first kappa shape index (κ1) is 31.8. The first-order valence-corrected chi connectivity index (χ1v) is 14.3. The lowest BCUT2D eigenvalue weighted by atomic mass is 9.99. The minimum Gasteiger partial charge on any atom is -0.484 e. The lowest BCUT2D eigenvalue weighted by molar-refractivity contribution is -0.117. The molecule has 8 nitrogen and oxygen atoms in total. The van der Waals surface area contributed by atoms with Crippen molar-refractivity contribution in [2.24, 2.45) is 0 Å². The van der Waals surface area contributed by atoms with Crippen LogP contribution >= 0.6 is 11.6 Å². The molecule has 2 heterocycles. The van der Waals surface area contributed by atoms with Crippen LogP contribution in [0.1, 0.15) is 33.6 Å². The molecule has 0 bridgehead atoms. The number of pyridine rings is 1. The van der Waals surface area contributed by atoms with Gasteiger partial charge >= 0.3 is 5.97 Å². The molecular formula is C33H28ClF3N2O6. The number of methoxy groups -OCH3 is 1. The maximum Gasteiger partial charge on any atom is 0.338 e. The van der Waals surface area contributed by atoms with Crippen molar-refractivity contribution in [1.29, 1.82) is 0 Å². The lowest BCUT2D eigenvalue weighted by Crippen LogP contribution is -2.33. The van der Waals surface area contributed by atoms with Gasteiger partial charge in [0.05, 0.1) is 24.5 Å². The van der Waals surface area contributed by atoms with E-state index < -0.39 is 23.4 Å². The minimum absolute atomic E-state index is 0.000373. The molecule has 0 amide bonds. The van der Waals surface area contributed by atoms with Gasteiger partial charge in [-0.25, -0.2) is 18.0 Å². The molecule has 1 aliphatic heterocycles. The molecule has 3 aromatic carbocycles. The highest BCUT2D eigenvalue weighted by Gasteiger charge is 2.22. The van der Waals surface area contributed by atoms with E-state index >= 15 is 8.78 Å². The van der Waals surface area contributed by atoms with E-state index in [1.165, 1.54) is 61.8 Å². The van der Waals surface area contributed by atoms with Gasteiger partial charge < -0.3 is 24.3 Å². The molecule has 12 heteroatoms. The van der Waals surface area contributed by atoms with Crippen molar-refractivity contribution in [2.45, 2.75) is 32.0 Å². The first-order chi connectivity index (χ1) is 21.7. The highest BCUT2D eigenvalue weighted by atomic mass is 35.5. The number of carbonyl (C=O) groups excluding carboxylic acids is 2. The van der Waals surface area contributed by atoms with Crippen LogP contribution in [0.5, 0.6) is 17.2 Å². The highest BCUT2D eigenvalue weighted by molar-refractivity contribution is 6.30. The zero-order valence-electron chi connectivity index (χ0n) is 24.1. The summed E-state index contributed by atoms with van der Waals surface area (Å²) in [6.45, 7) is 0.947. The number of halogens is 4. The normalized spacial score (nSPS) is 13.9. The van der Waals surface area contributed by atoms with Gasteiger partial charge in [-0.3, -0.25) is 9.78 Å². The Bertz CT molecular complexity index is 1720. The predicted molar refractivity (Wildman–Crippen MR) is 159 cm³/mol. The Balaban J connectivity index is 1.22. The number of anilines is 1. The maximum atomic E-state index is 15.1. The van der Waals surface area contributed by atoms with Crippen molar-refractivity contribution < 1.29 is 41.7 Å². The molecule has 45 heavy (non-hydrogen) atoms. The number of Topliss-reactive ketones (excluding diaryl/α,β-unsaturated/α-hetero) is 1. The number of esters is 1. The summed E-state index contributed by atoms with van der Waals surface area (Å²) >= 11 is 5.76. The SMILES string of the molecule is COC(=O)c1cc(F)c(CC(=O)Cc2ccc(Oc3ccnc(COc4ccc(Cl)cc4F)c3)c(F)c2)c(NC[C@@H]2CCO2)c1. The van der Waals surface area contributed by atoms with Crippen LogP contribution in [-0.2, 0) is 33.7 Å². The van der Waals surface area contributed by atoms with Crippen molar-refractivity contribution in [3.63, 3.8) is 0 Å². The van der Waals surface area contributed by atoms with Gasteiger partial charge in [0, 0.05) is 54.5 Å². The van der Waals surface area contributed by atoms with E-state index in [1.807, 2.05) is 0 Å². The Kier molecular flexibility index (Phi) is 10.2. The number of nitrogens with one attached hydrogen (secondary N) is 1. The lowest BCUT2D eigenvalue weighted by Gasteiger charge is -2.27. The molecule has 1 aliphatic rings. The molecule has 5 rings (SSSR count). The molecule has 0 unspecified atom stereocenters. The van der Waals surface area contributed by atoms with Gasteiger partial charge in [0.1, 0.15) is 24.0 Å². The first-order valence-electron chi connectivity index (χ1n) is 14.0. The van der Waals surface area contributed by atoms with Crippen LogP contribution in [0, 0.1) is 17.5 Å². The van der Waals surface area contributed by atoms with E-state index in [9.17, 15) is 14.0 Å². The average Bonchev–Trinajstić information content (AvgIpc) is 2.98. The third kappa shape index (κ3) is 8.31. The second kappa shape index (κ2) is 14.4. The molecule has 0 saturated carbocycles. The molecule has 1 fully saturated rings. The fourth-order valence-corrected chi connectivity index (χ4v) is 4.73. The van der Waals surface area contributed by atoms with Crippen LogP contribution in [0.2, 0.25) is 5.02 Å². The van der Waals surface area contributed by atoms with Crippen LogP contribution in [-0.4, -0.2) is 43.1 Å². The molecule has 234 valence electrons. The Hall–Kier alpha value is -4.61. The third-order valence-corrected chi connectivity index (χ3v) is 7.22. The van der Waals surface area contributed by atoms with Gasteiger partial charge in [0.25, 0.3) is 0 Å². The summed E-state index contributed by atoms with van der Waals surface area (Å²) in [6.07, 6.45) is 1.78.